The summed E-state index contributed by atoms with van der Waals surface area (Å²) >= 11 is 0. The van der Waals surface area contributed by atoms with Gasteiger partial charge in [0.2, 0.25) is 0 Å². The molecule has 1 aromatic rings. The molecule has 0 saturated heterocycles. The van der Waals surface area contributed by atoms with Gasteiger partial charge >= 0.3 is 5.97 Å². The Bertz CT molecular complexity index is 471. The third-order valence-corrected chi connectivity index (χ3v) is 3.25. The van der Waals surface area contributed by atoms with Gasteiger partial charge in [-0.1, -0.05) is 38.0 Å². The molecule has 4 nitrogen and oxygen atoms in total. The molecule has 1 aromatic carbocycles. The van der Waals surface area contributed by atoms with Crippen LogP contribution in [0.2, 0.25) is 0 Å². The molecule has 1 atom stereocenters. The fraction of sp³-hybridized carbons (Fsp3) is 0.500. The summed E-state index contributed by atoms with van der Waals surface area (Å²) in [5.74, 6) is -1.51. The van der Waals surface area contributed by atoms with Crippen LogP contribution in [0.5, 0.6) is 0 Å². The van der Waals surface area contributed by atoms with E-state index >= 15 is 0 Å². The van der Waals surface area contributed by atoms with E-state index in [4.69, 9.17) is 5.11 Å². The predicted molar refractivity (Wildman–Crippen MR) is 78.8 cm³/mol. The molecule has 0 heterocycles. The van der Waals surface area contributed by atoms with Gasteiger partial charge in [0.05, 0.1) is 5.92 Å². The third-order valence-electron chi connectivity index (χ3n) is 3.25. The van der Waals surface area contributed by atoms with E-state index in [1.807, 2.05) is 25.1 Å². The lowest BCUT2D eigenvalue weighted by atomic mass is 10.1. The highest BCUT2D eigenvalue weighted by molar-refractivity contribution is 5.94. The van der Waals surface area contributed by atoms with Gasteiger partial charge in [0, 0.05) is 18.7 Å². The van der Waals surface area contributed by atoms with Gasteiger partial charge in [0.1, 0.15) is 0 Å². The van der Waals surface area contributed by atoms with Crippen molar-refractivity contribution < 1.29 is 14.7 Å². The average Bonchev–Trinajstić information content (AvgIpc) is 2.42. The number of benzene rings is 1. The molecule has 20 heavy (non-hydrogen) atoms. The van der Waals surface area contributed by atoms with Crippen molar-refractivity contribution in [1.82, 2.24) is 4.90 Å². The summed E-state index contributed by atoms with van der Waals surface area (Å²) in [5, 5.41) is 9.01. The second-order valence-electron chi connectivity index (χ2n) is 5.21. The largest absolute Gasteiger partial charge is 0.481 e. The van der Waals surface area contributed by atoms with Gasteiger partial charge in [-0.3, -0.25) is 9.59 Å². The van der Waals surface area contributed by atoms with Crippen molar-refractivity contribution in [2.75, 3.05) is 13.1 Å². The Morgan fingerprint density at radius 2 is 2.05 bits per heavy atom. The highest BCUT2D eigenvalue weighted by Gasteiger charge is 2.21. The molecule has 1 amide bonds. The van der Waals surface area contributed by atoms with Crippen LogP contribution in [0.4, 0.5) is 0 Å². The number of carboxylic acid groups (broad SMARTS) is 1. The van der Waals surface area contributed by atoms with Crippen molar-refractivity contribution in [1.29, 1.82) is 0 Å². The first-order valence-corrected chi connectivity index (χ1v) is 7.04. The predicted octanol–water partition coefficient (Wildman–Crippen LogP) is 2.96. The molecule has 0 aliphatic rings. The summed E-state index contributed by atoms with van der Waals surface area (Å²) in [7, 11) is 0. The van der Waals surface area contributed by atoms with Crippen LogP contribution < -0.4 is 0 Å². The van der Waals surface area contributed by atoms with Crippen molar-refractivity contribution >= 4 is 11.9 Å². The van der Waals surface area contributed by atoms with Gasteiger partial charge in [0.25, 0.3) is 5.91 Å². The Morgan fingerprint density at radius 1 is 1.35 bits per heavy atom. The molecule has 0 fully saturated rings. The van der Waals surface area contributed by atoms with E-state index in [-0.39, 0.29) is 12.5 Å². The highest BCUT2D eigenvalue weighted by Crippen LogP contribution is 2.11. The molecule has 110 valence electrons. The van der Waals surface area contributed by atoms with Crippen molar-refractivity contribution in [2.45, 2.75) is 33.6 Å². The smallest absolute Gasteiger partial charge is 0.308 e. The van der Waals surface area contributed by atoms with Gasteiger partial charge in [-0.05, 0) is 25.5 Å². The van der Waals surface area contributed by atoms with E-state index in [0.717, 1.165) is 18.4 Å². The highest BCUT2D eigenvalue weighted by atomic mass is 16.4. The van der Waals surface area contributed by atoms with E-state index < -0.39 is 11.9 Å². The number of amides is 1. The maximum Gasteiger partial charge on any atom is 0.308 e. The number of nitrogens with zero attached hydrogens (tertiary/aromatic N) is 1. The summed E-state index contributed by atoms with van der Waals surface area (Å²) in [6, 6.07) is 7.40. The van der Waals surface area contributed by atoms with Crippen LogP contribution in [0.15, 0.2) is 24.3 Å². The van der Waals surface area contributed by atoms with E-state index in [9.17, 15) is 9.59 Å². The molecule has 0 saturated carbocycles. The number of unbranched alkanes of at least 4 members (excludes halogenated alkanes) is 1. The molecular weight excluding hydrogens is 254 g/mol. The Labute approximate surface area is 120 Å². The number of carbonyl (C=O) groups is 2. The van der Waals surface area contributed by atoms with Crippen molar-refractivity contribution in [3.8, 4) is 0 Å². The fourth-order valence-electron chi connectivity index (χ4n) is 1.99. The zero-order valence-corrected chi connectivity index (χ0v) is 12.4. The van der Waals surface area contributed by atoms with Gasteiger partial charge < -0.3 is 10.0 Å². The van der Waals surface area contributed by atoms with E-state index in [1.54, 1.807) is 17.9 Å². The molecule has 0 bridgehead atoms. The molecule has 1 rings (SSSR count). The van der Waals surface area contributed by atoms with Gasteiger partial charge in [0.15, 0.2) is 0 Å². The van der Waals surface area contributed by atoms with Gasteiger partial charge in [-0.2, -0.15) is 0 Å². The van der Waals surface area contributed by atoms with Crippen molar-refractivity contribution in [2.24, 2.45) is 5.92 Å². The van der Waals surface area contributed by atoms with Crippen LogP contribution in [-0.2, 0) is 4.79 Å². The lowest BCUT2D eigenvalue weighted by Crippen LogP contribution is -2.37. The van der Waals surface area contributed by atoms with Crippen LogP contribution in [-0.4, -0.2) is 35.0 Å². The Morgan fingerprint density at radius 3 is 2.60 bits per heavy atom. The van der Waals surface area contributed by atoms with Crippen LogP contribution in [0.25, 0.3) is 0 Å². The molecule has 0 aliphatic heterocycles. The minimum atomic E-state index is -0.872. The van der Waals surface area contributed by atoms with Crippen LogP contribution in [0, 0.1) is 12.8 Å². The Kier molecular flexibility index (Phi) is 6.22. The first-order valence-electron chi connectivity index (χ1n) is 7.04. The molecule has 1 N–H and O–H groups in total. The standard InChI is InChI=1S/C16H23NO3/c1-4-5-9-17(11-13(3)16(19)20)15(18)14-8-6-7-12(2)10-14/h6-8,10,13H,4-5,9,11H2,1-3H3,(H,19,20). The molecular formula is C16H23NO3. The molecule has 1 unspecified atom stereocenters. The van der Waals surface area contributed by atoms with Crippen LogP contribution in [0.3, 0.4) is 0 Å². The maximum absolute atomic E-state index is 12.5. The minimum absolute atomic E-state index is 0.0877. The number of carboxylic acids is 1. The zero-order valence-electron chi connectivity index (χ0n) is 12.4. The topological polar surface area (TPSA) is 57.6 Å². The van der Waals surface area contributed by atoms with E-state index in [0.29, 0.717) is 12.1 Å². The quantitative estimate of drug-likeness (QED) is 0.833. The number of aryl methyl sites for hydroxylation is 1. The summed E-state index contributed by atoms with van der Waals surface area (Å²) in [6.07, 6.45) is 1.85. The molecule has 0 spiro atoms. The number of aliphatic carboxylic acids is 1. The van der Waals surface area contributed by atoms with Crippen LogP contribution in [0.1, 0.15) is 42.6 Å². The summed E-state index contributed by atoms with van der Waals surface area (Å²) in [5.41, 5.74) is 1.65. The van der Waals surface area contributed by atoms with Crippen LogP contribution >= 0.6 is 0 Å². The molecule has 0 aliphatic carbocycles. The summed E-state index contributed by atoms with van der Waals surface area (Å²) < 4.78 is 0. The third kappa shape index (κ3) is 4.68. The average molecular weight is 277 g/mol. The molecule has 0 radical (unpaired) electrons. The summed E-state index contributed by atoms with van der Waals surface area (Å²) in [4.78, 5) is 25.1. The van der Waals surface area contributed by atoms with Crippen molar-refractivity contribution in [3.63, 3.8) is 0 Å². The number of hydrogen-bond acceptors (Lipinski definition) is 2. The SMILES string of the molecule is CCCCN(CC(C)C(=O)O)C(=O)c1cccc(C)c1. The van der Waals surface area contributed by atoms with Crippen molar-refractivity contribution in [3.05, 3.63) is 35.4 Å². The van der Waals surface area contributed by atoms with Gasteiger partial charge in [-0.25, -0.2) is 0 Å². The lowest BCUT2D eigenvalue weighted by Gasteiger charge is -2.24. The molecule has 4 heteroatoms. The summed E-state index contributed by atoms with van der Waals surface area (Å²) in [6.45, 7) is 6.47. The molecule has 0 aromatic heterocycles. The van der Waals surface area contributed by atoms with E-state index in [2.05, 4.69) is 6.92 Å². The second-order valence-corrected chi connectivity index (χ2v) is 5.21. The first-order chi connectivity index (χ1) is 9.45. The maximum atomic E-state index is 12.5. The zero-order chi connectivity index (χ0) is 15.1. The number of rotatable bonds is 7. The lowest BCUT2D eigenvalue weighted by molar-refractivity contribution is -0.141. The van der Waals surface area contributed by atoms with Gasteiger partial charge in [-0.15, -0.1) is 0 Å². The monoisotopic (exact) mass is 277 g/mol. The first kappa shape index (κ1) is 16.2. The number of carbonyl (C=O) groups excluding carboxylic acids is 1. The van der Waals surface area contributed by atoms with E-state index in [1.165, 1.54) is 0 Å². The minimum Gasteiger partial charge on any atom is -0.481 e. The Balaban J connectivity index is 2.86. The Hall–Kier alpha value is -1.84. The normalized spacial score (nSPS) is 11.9. The number of hydrogen-bond donors (Lipinski definition) is 1. The fourth-order valence-corrected chi connectivity index (χ4v) is 1.99. The second kappa shape index (κ2) is 7.68.